The highest BCUT2D eigenvalue weighted by Gasteiger charge is 2.40. The topological polar surface area (TPSA) is 90.1 Å². The maximum Gasteiger partial charge on any atom is 0.271 e. The van der Waals surface area contributed by atoms with Crippen LogP contribution in [0.25, 0.3) is 0 Å². The smallest absolute Gasteiger partial charge is 0.271 e. The number of ether oxygens (including phenoxy) is 1. The van der Waals surface area contributed by atoms with Gasteiger partial charge in [-0.2, -0.15) is 0 Å². The molecule has 3 N–H and O–H groups in total. The van der Waals surface area contributed by atoms with Gasteiger partial charge in [-0.3, -0.25) is 9.78 Å². The molecule has 6 heteroatoms. The molecule has 1 aromatic heterocycles. The second-order valence-corrected chi connectivity index (χ2v) is 3.98. The van der Waals surface area contributed by atoms with Crippen LogP contribution in [-0.2, 0) is 4.74 Å². The maximum atomic E-state index is 11.8. The molecule has 0 radical (unpaired) electrons. The molecule has 1 fully saturated rings. The summed E-state index contributed by atoms with van der Waals surface area (Å²) in [6.45, 7) is 2.54. The molecular weight excluding hydrogens is 220 g/mol. The highest BCUT2D eigenvalue weighted by atomic mass is 16.5. The third-order valence-electron chi connectivity index (χ3n) is 2.84. The number of hydrogen-bond donors (Lipinski definition) is 2. The quantitative estimate of drug-likeness (QED) is 0.749. The van der Waals surface area contributed by atoms with Crippen molar-refractivity contribution in [3.05, 3.63) is 24.3 Å². The molecule has 0 saturated heterocycles. The molecule has 0 bridgehead atoms. The molecule has 3 atom stereocenters. The van der Waals surface area contributed by atoms with Crippen LogP contribution in [0.2, 0.25) is 0 Å². The van der Waals surface area contributed by atoms with Gasteiger partial charge in [0.05, 0.1) is 18.3 Å². The fourth-order valence-electron chi connectivity index (χ4n) is 1.87. The Labute approximate surface area is 99.6 Å². The monoisotopic (exact) mass is 236 g/mol. The Morgan fingerprint density at radius 2 is 2.47 bits per heavy atom. The fraction of sp³-hybridized carbons (Fsp3) is 0.545. The zero-order valence-corrected chi connectivity index (χ0v) is 9.67. The number of nitrogens with one attached hydrogen (secondary N) is 1. The molecule has 1 heterocycles. The Balaban J connectivity index is 1.94. The number of nitrogens with two attached hydrogens (primary N) is 1. The standard InChI is InChI=1S/C11H16N4O2/c1-2-17-9-5-7(12)10(9)15-11(16)8-6-13-3-4-14-8/h3-4,6-7,9-10H,2,5,12H2,1H3,(H,15,16). The minimum atomic E-state index is -0.261. The first-order chi connectivity index (χ1) is 8.22. The molecule has 1 aliphatic rings. The van der Waals surface area contributed by atoms with Crippen LogP contribution in [0.4, 0.5) is 0 Å². The van der Waals surface area contributed by atoms with E-state index in [1.807, 2.05) is 6.92 Å². The van der Waals surface area contributed by atoms with Crippen LogP contribution in [0.15, 0.2) is 18.6 Å². The highest BCUT2D eigenvalue weighted by Crippen LogP contribution is 2.22. The van der Waals surface area contributed by atoms with Crippen molar-refractivity contribution in [2.24, 2.45) is 5.73 Å². The number of amides is 1. The lowest BCUT2D eigenvalue weighted by molar-refractivity contribution is -0.0300. The van der Waals surface area contributed by atoms with Gasteiger partial charge in [-0.1, -0.05) is 0 Å². The van der Waals surface area contributed by atoms with Crippen LogP contribution in [-0.4, -0.2) is 40.7 Å². The van der Waals surface area contributed by atoms with Crippen LogP contribution >= 0.6 is 0 Å². The summed E-state index contributed by atoms with van der Waals surface area (Å²) in [6.07, 6.45) is 5.22. The number of aromatic nitrogens is 2. The molecule has 0 aromatic carbocycles. The third-order valence-corrected chi connectivity index (χ3v) is 2.84. The van der Waals surface area contributed by atoms with Crippen molar-refractivity contribution < 1.29 is 9.53 Å². The molecule has 1 amide bonds. The van der Waals surface area contributed by atoms with Crippen molar-refractivity contribution in [1.82, 2.24) is 15.3 Å². The Kier molecular flexibility index (Phi) is 3.65. The van der Waals surface area contributed by atoms with Crippen molar-refractivity contribution in [3.63, 3.8) is 0 Å². The van der Waals surface area contributed by atoms with Gasteiger partial charge in [-0.05, 0) is 13.3 Å². The van der Waals surface area contributed by atoms with E-state index in [0.29, 0.717) is 12.3 Å². The van der Waals surface area contributed by atoms with E-state index in [0.717, 1.165) is 6.42 Å². The molecule has 17 heavy (non-hydrogen) atoms. The molecular formula is C11H16N4O2. The number of hydrogen-bond acceptors (Lipinski definition) is 5. The summed E-state index contributed by atoms with van der Waals surface area (Å²) in [5.41, 5.74) is 6.13. The van der Waals surface area contributed by atoms with Gasteiger partial charge >= 0.3 is 0 Å². The Hall–Kier alpha value is -1.53. The first-order valence-electron chi connectivity index (χ1n) is 5.66. The van der Waals surface area contributed by atoms with Crippen molar-refractivity contribution in [3.8, 4) is 0 Å². The molecule has 0 aliphatic heterocycles. The lowest BCUT2D eigenvalue weighted by atomic mass is 9.83. The molecule has 2 rings (SSSR count). The lowest BCUT2D eigenvalue weighted by Gasteiger charge is -2.42. The van der Waals surface area contributed by atoms with Gasteiger partial charge in [0.2, 0.25) is 0 Å². The average Bonchev–Trinajstić information content (AvgIpc) is 2.36. The van der Waals surface area contributed by atoms with Gasteiger partial charge in [0.25, 0.3) is 5.91 Å². The summed E-state index contributed by atoms with van der Waals surface area (Å²) < 4.78 is 5.47. The average molecular weight is 236 g/mol. The van der Waals surface area contributed by atoms with Gasteiger partial charge in [-0.15, -0.1) is 0 Å². The summed E-state index contributed by atoms with van der Waals surface area (Å²) in [4.78, 5) is 19.6. The zero-order valence-electron chi connectivity index (χ0n) is 9.67. The Bertz CT molecular complexity index is 382. The van der Waals surface area contributed by atoms with E-state index in [4.69, 9.17) is 10.5 Å². The van der Waals surface area contributed by atoms with Gasteiger partial charge in [-0.25, -0.2) is 4.98 Å². The highest BCUT2D eigenvalue weighted by molar-refractivity contribution is 5.92. The predicted molar refractivity (Wildman–Crippen MR) is 61.3 cm³/mol. The number of carbonyl (C=O) groups excluding carboxylic acids is 1. The van der Waals surface area contributed by atoms with Crippen molar-refractivity contribution >= 4 is 5.91 Å². The van der Waals surface area contributed by atoms with E-state index in [-0.39, 0.29) is 24.1 Å². The van der Waals surface area contributed by atoms with Gasteiger partial charge < -0.3 is 15.8 Å². The van der Waals surface area contributed by atoms with Crippen LogP contribution < -0.4 is 11.1 Å². The van der Waals surface area contributed by atoms with Crippen LogP contribution in [0.3, 0.4) is 0 Å². The summed E-state index contributed by atoms with van der Waals surface area (Å²) in [5, 5.41) is 2.83. The van der Waals surface area contributed by atoms with Crippen LogP contribution in [0, 0.1) is 0 Å². The minimum absolute atomic E-state index is 0.00983. The van der Waals surface area contributed by atoms with E-state index < -0.39 is 0 Å². The van der Waals surface area contributed by atoms with Crippen molar-refractivity contribution in [2.75, 3.05) is 6.61 Å². The molecule has 0 spiro atoms. The van der Waals surface area contributed by atoms with E-state index in [2.05, 4.69) is 15.3 Å². The number of rotatable bonds is 4. The lowest BCUT2D eigenvalue weighted by Crippen LogP contribution is -2.64. The molecule has 1 saturated carbocycles. The minimum Gasteiger partial charge on any atom is -0.376 e. The SMILES string of the molecule is CCOC1CC(N)C1NC(=O)c1cnccn1. The molecule has 92 valence electrons. The summed E-state index contributed by atoms with van der Waals surface area (Å²) >= 11 is 0. The Morgan fingerprint density at radius 3 is 3.06 bits per heavy atom. The van der Waals surface area contributed by atoms with Crippen molar-refractivity contribution in [2.45, 2.75) is 31.5 Å². The summed E-state index contributed by atoms with van der Waals surface area (Å²) in [7, 11) is 0. The maximum absolute atomic E-state index is 11.8. The molecule has 6 nitrogen and oxygen atoms in total. The van der Waals surface area contributed by atoms with E-state index in [1.54, 1.807) is 0 Å². The van der Waals surface area contributed by atoms with Crippen LogP contribution in [0.1, 0.15) is 23.8 Å². The summed E-state index contributed by atoms with van der Waals surface area (Å²) in [5.74, 6) is -0.261. The fourth-order valence-corrected chi connectivity index (χ4v) is 1.87. The first-order valence-corrected chi connectivity index (χ1v) is 5.66. The zero-order chi connectivity index (χ0) is 12.3. The van der Waals surface area contributed by atoms with E-state index in [9.17, 15) is 4.79 Å². The predicted octanol–water partition coefficient (Wildman–Crippen LogP) is -0.289. The van der Waals surface area contributed by atoms with Crippen molar-refractivity contribution in [1.29, 1.82) is 0 Å². The van der Waals surface area contributed by atoms with Gasteiger partial charge in [0, 0.05) is 25.0 Å². The first kappa shape index (κ1) is 11.9. The molecule has 1 aromatic rings. The molecule has 1 aliphatic carbocycles. The number of carbonyl (C=O) groups is 1. The number of nitrogens with zero attached hydrogens (tertiary/aromatic N) is 2. The van der Waals surface area contributed by atoms with E-state index >= 15 is 0 Å². The second-order valence-electron chi connectivity index (χ2n) is 3.98. The normalized spacial score (nSPS) is 27.3. The van der Waals surface area contributed by atoms with E-state index in [1.165, 1.54) is 18.6 Å². The summed E-state index contributed by atoms with van der Waals surface area (Å²) in [6, 6.07) is -0.184. The Morgan fingerprint density at radius 1 is 1.65 bits per heavy atom. The largest absolute Gasteiger partial charge is 0.376 e. The van der Waals surface area contributed by atoms with Crippen LogP contribution in [0.5, 0.6) is 0 Å². The van der Waals surface area contributed by atoms with Gasteiger partial charge in [0.1, 0.15) is 5.69 Å². The third kappa shape index (κ3) is 2.59. The second kappa shape index (κ2) is 5.20. The molecule has 3 unspecified atom stereocenters. The van der Waals surface area contributed by atoms with Gasteiger partial charge in [0.15, 0.2) is 0 Å².